The maximum Gasteiger partial charge on any atom is 0.340 e. The number of rotatable bonds is 14. The van der Waals surface area contributed by atoms with Crippen molar-refractivity contribution in [3.8, 4) is 0 Å². The summed E-state index contributed by atoms with van der Waals surface area (Å²) < 4.78 is 5.60. The minimum Gasteiger partial charge on any atom is -0.462 e. The molecule has 1 aliphatic carbocycles. The average Bonchev–Trinajstić information content (AvgIpc) is 2.96. The predicted molar refractivity (Wildman–Crippen MR) is 161 cm³/mol. The summed E-state index contributed by atoms with van der Waals surface area (Å²) in [5.74, 6) is -0.980. The lowest BCUT2D eigenvalue weighted by Crippen LogP contribution is -2.24. The van der Waals surface area contributed by atoms with Crippen molar-refractivity contribution < 1.29 is 19.1 Å². The molecule has 0 aliphatic heterocycles. The first-order valence-electron chi connectivity index (χ1n) is 14.6. The number of fused-ring (bicyclic) bond motifs is 2. The standard InChI is InChI=1S/C34H40N2O4/c1-3-4-5-6-7-8-9-10-11-16-21-40-34(39)26-19-14-15-20-27(26)36-28-22-23(2)31(35)30-29(28)32(37)24-17-12-13-18-25(24)33(30)38/h12-15,17-20,22,36H,3-11,16,21,35H2,1-2H3. The van der Waals surface area contributed by atoms with E-state index in [2.05, 4.69) is 12.2 Å². The van der Waals surface area contributed by atoms with Gasteiger partial charge >= 0.3 is 5.97 Å². The number of nitrogen functional groups attached to an aromatic ring is 1. The fourth-order valence-electron chi connectivity index (χ4n) is 5.30. The molecule has 40 heavy (non-hydrogen) atoms. The summed E-state index contributed by atoms with van der Waals surface area (Å²) in [7, 11) is 0. The second kappa shape index (κ2) is 13.9. The Morgan fingerprint density at radius 1 is 0.750 bits per heavy atom. The molecule has 0 heterocycles. The third-order valence-corrected chi connectivity index (χ3v) is 7.59. The molecule has 0 amide bonds. The number of esters is 1. The molecule has 3 aromatic rings. The summed E-state index contributed by atoms with van der Waals surface area (Å²) in [6.45, 7) is 4.40. The molecule has 6 heteroatoms. The van der Waals surface area contributed by atoms with Gasteiger partial charge in [0.1, 0.15) is 0 Å². The highest BCUT2D eigenvalue weighted by Gasteiger charge is 2.34. The number of hydrogen-bond donors (Lipinski definition) is 2. The highest BCUT2D eigenvalue weighted by atomic mass is 16.5. The van der Waals surface area contributed by atoms with Gasteiger partial charge in [-0.1, -0.05) is 101 Å². The zero-order chi connectivity index (χ0) is 28.5. The van der Waals surface area contributed by atoms with Crippen molar-refractivity contribution >= 4 is 34.6 Å². The number of ether oxygens (including phenoxy) is 1. The van der Waals surface area contributed by atoms with E-state index in [1.807, 2.05) is 0 Å². The van der Waals surface area contributed by atoms with Crippen LogP contribution in [0.1, 0.15) is 119 Å². The number of aryl methyl sites for hydroxylation is 1. The molecule has 0 saturated carbocycles. The number of carbonyl (C=O) groups excluding carboxylic acids is 3. The SMILES string of the molecule is CCCCCCCCCCCCOC(=O)c1ccccc1Nc1cc(C)c(N)c2c1C(=O)c1ccccc1C2=O. The van der Waals surface area contributed by atoms with Gasteiger partial charge in [0, 0.05) is 16.8 Å². The zero-order valence-corrected chi connectivity index (χ0v) is 23.7. The Hall–Kier alpha value is -3.93. The fraction of sp³-hybridized carbons (Fsp3) is 0.382. The molecule has 6 nitrogen and oxygen atoms in total. The monoisotopic (exact) mass is 540 g/mol. The molecule has 0 atom stereocenters. The van der Waals surface area contributed by atoms with Crippen LogP contribution < -0.4 is 11.1 Å². The van der Waals surface area contributed by atoms with Crippen molar-refractivity contribution in [1.82, 2.24) is 0 Å². The molecule has 3 N–H and O–H groups in total. The first-order valence-corrected chi connectivity index (χ1v) is 14.6. The number of nitrogens with two attached hydrogens (primary N) is 1. The highest BCUT2D eigenvalue weighted by molar-refractivity contribution is 6.32. The Morgan fingerprint density at radius 3 is 1.95 bits per heavy atom. The zero-order valence-electron chi connectivity index (χ0n) is 23.7. The van der Waals surface area contributed by atoms with Crippen molar-refractivity contribution in [2.24, 2.45) is 0 Å². The smallest absolute Gasteiger partial charge is 0.340 e. The highest BCUT2D eigenvalue weighted by Crippen LogP contribution is 2.38. The topological polar surface area (TPSA) is 98.5 Å². The number of para-hydroxylation sites is 1. The summed E-state index contributed by atoms with van der Waals surface area (Å²) in [6.07, 6.45) is 12.1. The van der Waals surface area contributed by atoms with Gasteiger partial charge in [-0.3, -0.25) is 9.59 Å². The summed E-state index contributed by atoms with van der Waals surface area (Å²) in [6, 6.07) is 15.6. The van der Waals surface area contributed by atoms with Crippen LogP contribution in [0.15, 0.2) is 54.6 Å². The van der Waals surface area contributed by atoms with Crippen LogP contribution in [0.2, 0.25) is 0 Å². The van der Waals surface area contributed by atoms with E-state index in [1.54, 1.807) is 61.5 Å². The molecule has 210 valence electrons. The Bertz CT molecular complexity index is 1380. The van der Waals surface area contributed by atoms with E-state index < -0.39 is 5.97 Å². The number of anilines is 3. The number of hydrogen-bond acceptors (Lipinski definition) is 6. The van der Waals surface area contributed by atoms with Gasteiger partial charge in [-0.25, -0.2) is 4.79 Å². The molecule has 0 bridgehead atoms. The molecular weight excluding hydrogens is 500 g/mol. The van der Waals surface area contributed by atoms with E-state index in [0.29, 0.717) is 40.2 Å². The van der Waals surface area contributed by atoms with Gasteiger partial charge in [0.25, 0.3) is 0 Å². The van der Waals surface area contributed by atoms with E-state index in [4.69, 9.17) is 10.5 Å². The lowest BCUT2D eigenvalue weighted by molar-refractivity contribution is 0.0498. The molecule has 0 spiro atoms. The van der Waals surface area contributed by atoms with Crippen molar-refractivity contribution in [1.29, 1.82) is 0 Å². The quantitative estimate of drug-likeness (QED) is 0.0951. The largest absolute Gasteiger partial charge is 0.462 e. The number of nitrogens with one attached hydrogen (secondary N) is 1. The van der Waals surface area contributed by atoms with Crippen molar-refractivity contribution in [3.05, 3.63) is 88.0 Å². The van der Waals surface area contributed by atoms with Crippen molar-refractivity contribution in [2.45, 2.75) is 78.1 Å². The fourth-order valence-corrected chi connectivity index (χ4v) is 5.30. The van der Waals surface area contributed by atoms with Gasteiger partial charge in [0.05, 0.1) is 34.7 Å². The Balaban J connectivity index is 1.41. The van der Waals surface area contributed by atoms with Crippen LogP contribution in [-0.4, -0.2) is 24.1 Å². The van der Waals surface area contributed by atoms with Gasteiger partial charge in [0.15, 0.2) is 11.6 Å². The molecule has 1 aliphatic rings. The van der Waals surface area contributed by atoms with Crippen LogP contribution in [0.5, 0.6) is 0 Å². The van der Waals surface area contributed by atoms with E-state index in [0.717, 1.165) is 19.3 Å². The van der Waals surface area contributed by atoms with Crippen LogP contribution in [0.3, 0.4) is 0 Å². The van der Waals surface area contributed by atoms with Crippen LogP contribution in [0.4, 0.5) is 17.1 Å². The summed E-state index contributed by atoms with van der Waals surface area (Å²) in [4.78, 5) is 39.9. The first-order chi connectivity index (χ1) is 19.4. The van der Waals surface area contributed by atoms with Crippen LogP contribution in [0, 0.1) is 6.92 Å². The van der Waals surface area contributed by atoms with E-state index in [9.17, 15) is 14.4 Å². The molecule has 0 unspecified atom stereocenters. The second-order valence-corrected chi connectivity index (χ2v) is 10.6. The van der Waals surface area contributed by atoms with E-state index >= 15 is 0 Å². The van der Waals surface area contributed by atoms with Crippen molar-refractivity contribution in [3.63, 3.8) is 0 Å². The Morgan fingerprint density at radius 2 is 1.30 bits per heavy atom. The molecular formula is C34H40N2O4. The number of carbonyl (C=O) groups is 3. The Labute approximate surface area is 237 Å². The molecule has 3 aromatic carbocycles. The number of benzene rings is 3. The number of unbranched alkanes of at least 4 members (excludes halogenated alkanes) is 9. The van der Waals surface area contributed by atoms with Gasteiger partial charge in [-0.2, -0.15) is 0 Å². The summed E-state index contributed by atoms with van der Waals surface area (Å²) in [5.41, 5.74) is 9.69. The molecule has 0 fully saturated rings. The molecule has 0 aromatic heterocycles. The maximum absolute atomic E-state index is 13.5. The predicted octanol–water partition coefficient (Wildman–Crippen LogP) is 8.17. The minimum atomic E-state index is -0.423. The van der Waals surface area contributed by atoms with Crippen LogP contribution in [0.25, 0.3) is 0 Å². The van der Waals surface area contributed by atoms with Gasteiger partial charge < -0.3 is 15.8 Å². The van der Waals surface area contributed by atoms with Crippen LogP contribution >= 0.6 is 0 Å². The second-order valence-electron chi connectivity index (χ2n) is 10.6. The normalized spacial score (nSPS) is 12.2. The van der Waals surface area contributed by atoms with Gasteiger partial charge in [0.2, 0.25) is 0 Å². The van der Waals surface area contributed by atoms with Gasteiger partial charge in [-0.05, 0) is 37.1 Å². The lowest BCUT2D eigenvalue weighted by Gasteiger charge is -2.24. The summed E-state index contributed by atoms with van der Waals surface area (Å²) >= 11 is 0. The third-order valence-electron chi connectivity index (χ3n) is 7.59. The average molecular weight is 541 g/mol. The van der Waals surface area contributed by atoms with Crippen molar-refractivity contribution in [2.75, 3.05) is 17.7 Å². The van der Waals surface area contributed by atoms with Crippen LogP contribution in [-0.2, 0) is 4.74 Å². The Kier molecular flexibility index (Phi) is 10.1. The molecule has 0 radical (unpaired) electrons. The van der Waals surface area contributed by atoms with E-state index in [-0.39, 0.29) is 28.4 Å². The maximum atomic E-state index is 13.5. The number of ketones is 2. The minimum absolute atomic E-state index is 0.201. The molecule has 4 rings (SSSR count). The van der Waals surface area contributed by atoms with E-state index in [1.165, 1.54) is 44.9 Å². The third kappa shape index (κ3) is 6.61. The lowest BCUT2D eigenvalue weighted by atomic mass is 9.81. The summed E-state index contributed by atoms with van der Waals surface area (Å²) in [5, 5.41) is 3.24. The molecule has 0 saturated heterocycles. The first kappa shape index (κ1) is 29.1. The van der Waals surface area contributed by atoms with Gasteiger partial charge in [-0.15, -0.1) is 0 Å².